The molecule has 4 aliphatic heterocycles. The third kappa shape index (κ3) is 10.7. The van der Waals surface area contributed by atoms with Crippen molar-refractivity contribution in [2.75, 3.05) is 24.5 Å². The summed E-state index contributed by atoms with van der Waals surface area (Å²) in [5.41, 5.74) is 29.2. The molecule has 4 aliphatic rings. The van der Waals surface area contributed by atoms with Crippen molar-refractivity contribution < 1.29 is 8.78 Å². The number of hydrogen-bond acceptors (Lipinski definition) is 6. The molecule has 0 saturated carbocycles. The first-order valence-electron chi connectivity index (χ1n) is 36.0. The van der Waals surface area contributed by atoms with Gasteiger partial charge in [0.1, 0.15) is 11.6 Å². The molecule has 0 unspecified atom stereocenters. The monoisotopic (exact) mass is 1380 g/mol. The molecule has 0 bridgehead atoms. The average Bonchev–Trinajstić information content (AvgIpc) is 0.687. The molecule has 0 amide bonds. The lowest BCUT2D eigenvalue weighted by atomic mass is 9.31. The highest BCUT2D eigenvalue weighted by molar-refractivity contribution is 8.00. The van der Waals surface area contributed by atoms with E-state index in [9.17, 15) is 0 Å². The molecule has 0 N–H and O–H groups in total. The maximum atomic E-state index is 18.0. The lowest BCUT2D eigenvalue weighted by Crippen LogP contribution is -2.64. The van der Waals surface area contributed by atoms with Crippen molar-refractivity contribution in [3.05, 3.63) is 394 Å². The van der Waals surface area contributed by atoms with Gasteiger partial charge in [-0.3, -0.25) is 0 Å². The second-order valence-corrected chi connectivity index (χ2v) is 28.5. The van der Waals surface area contributed by atoms with E-state index in [1.54, 1.807) is 17.8 Å². The Kier molecular flexibility index (Phi) is 15.3. The van der Waals surface area contributed by atoms with Crippen LogP contribution in [-0.4, -0.2) is 13.4 Å². The van der Waals surface area contributed by atoms with E-state index in [0.717, 1.165) is 162 Å². The van der Waals surface area contributed by atoms with Crippen LogP contribution in [0.3, 0.4) is 0 Å². The predicted molar refractivity (Wildman–Crippen MR) is 441 cm³/mol. The molecule has 20 rings (SSSR count). The number of para-hydroxylation sites is 4. The Bertz CT molecular complexity index is 6060. The van der Waals surface area contributed by atoms with Crippen molar-refractivity contribution in [3.8, 4) is 44.5 Å². The zero-order valence-corrected chi connectivity index (χ0v) is 58.2. The van der Waals surface area contributed by atoms with Gasteiger partial charge in [0.25, 0.3) is 6.71 Å². The Balaban J connectivity index is 0.841. The molecule has 0 aliphatic carbocycles. The maximum absolute atomic E-state index is 18.0. The third-order valence-corrected chi connectivity index (χ3v) is 22.5. The van der Waals surface area contributed by atoms with E-state index in [1.165, 1.54) is 17.0 Å². The Hall–Kier alpha value is -13.1. The summed E-state index contributed by atoms with van der Waals surface area (Å²) in [6, 6.07) is 135. The van der Waals surface area contributed by atoms with E-state index in [-0.39, 0.29) is 19.1 Å². The Morgan fingerprint density at radius 3 is 1.10 bits per heavy atom. The van der Waals surface area contributed by atoms with Gasteiger partial charge in [-0.15, -0.1) is 0 Å². The molecule has 10 heteroatoms. The number of benzene rings is 16. The van der Waals surface area contributed by atoms with Crippen LogP contribution in [0, 0.1) is 11.6 Å². The number of anilines is 15. The molecule has 16 aromatic rings. The second kappa shape index (κ2) is 26.0. The Labute approximate surface area is 620 Å². The number of halogens is 2. The molecular formula is C96H63B2F2N5S. The van der Waals surface area contributed by atoms with Crippen molar-refractivity contribution >= 4 is 143 Å². The summed E-state index contributed by atoms with van der Waals surface area (Å²) in [7, 11) is 0. The van der Waals surface area contributed by atoms with Crippen molar-refractivity contribution in [1.82, 2.24) is 0 Å². The summed E-state index contributed by atoms with van der Waals surface area (Å²) in [5, 5.41) is 0. The van der Waals surface area contributed by atoms with E-state index >= 15 is 8.78 Å². The fraction of sp³-hybridized carbons (Fsp3) is 0. The summed E-state index contributed by atoms with van der Waals surface area (Å²) in [5.74, 6) is -1.33. The van der Waals surface area contributed by atoms with E-state index < -0.39 is 11.6 Å². The summed E-state index contributed by atoms with van der Waals surface area (Å²) in [6.45, 7) is -0.610. The minimum Gasteiger partial charge on any atom is -0.311 e. The quantitative estimate of drug-likeness (QED) is 0.106. The number of rotatable bonds is 13. The molecule has 498 valence electrons. The lowest BCUT2D eigenvalue weighted by molar-refractivity contribution is 0.584. The molecule has 106 heavy (non-hydrogen) atoms. The normalized spacial score (nSPS) is 12.7. The van der Waals surface area contributed by atoms with Crippen LogP contribution < -0.4 is 57.3 Å². The van der Waals surface area contributed by atoms with E-state index in [1.807, 2.05) is 12.1 Å². The Morgan fingerprint density at radius 2 is 0.623 bits per heavy atom. The fourth-order valence-electron chi connectivity index (χ4n) is 16.7. The summed E-state index contributed by atoms with van der Waals surface area (Å²) >= 11 is 1.76. The molecule has 0 saturated heterocycles. The highest BCUT2D eigenvalue weighted by Gasteiger charge is 2.48. The van der Waals surface area contributed by atoms with Crippen LogP contribution in [-0.2, 0) is 0 Å². The van der Waals surface area contributed by atoms with Crippen LogP contribution in [0.5, 0.6) is 0 Å². The topological polar surface area (TPSA) is 16.2 Å². The Morgan fingerprint density at radius 1 is 0.226 bits per heavy atom. The molecule has 4 heterocycles. The minimum absolute atomic E-state index is 0.231. The van der Waals surface area contributed by atoms with Crippen molar-refractivity contribution in [2.24, 2.45) is 0 Å². The van der Waals surface area contributed by atoms with Gasteiger partial charge in [0.05, 0.1) is 11.4 Å². The zero-order chi connectivity index (χ0) is 70.3. The first-order chi connectivity index (χ1) is 52.4. The van der Waals surface area contributed by atoms with Crippen LogP contribution in [0.1, 0.15) is 0 Å². The van der Waals surface area contributed by atoms with Crippen molar-refractivity contribution in [3.63, 3.8) is 0 Å². The molecule has 0 aromatic heterocycles. The first kappa shape index (κ1) is 62.6. The van der Waals surface area contributed by atoms with E-state index in [0.29, 0.717) is 0 Å². The molecule has 16 aromatic carbocycles. The standard InChI is InChI=1S/C96H63B2F2N5S/c99-72-49-54-88(85(100)57-72)105-89-63-93-84(98-82-42-20-22-44-87(82)104(74-37-17-6-18-38-74)92-60-80(61-94(106-93)96(92)98)102(76-52-47-69(48-53-76)65-27-9-2-10-28-65)78-40-24-34-71(56-78)67-31-13-4-14-32-67)62-83(89)97-81-41-19-21-43-86(81)103(73-35-15-5-16-36-73)90-58-79(59-91(105)95(90)97)101(75-50-45-68(46-51-75)64-25-7-1-8-26-64)77-39-23-33-70(55-77)66-29-11-3-12-30-66/h1-63H. The second-order valence-electron chi connectivity index (χ2n) is 27.4. The SMILES string of the molecule is Fc1ccc(N2c3cc4c(cc3B3c5ccccc5N(c5ccccc5)c5cc(N(c6ccc(-c7ccccc7)cc6)c6cccc(-c7ccccc7)c6)cc2c53)B2c3ccccc3N(c3ccccc3)c3cc(N(c5ccc(-c6ccccc6)cc5)c5cccc(-c6ccccc6)c5)cc(c32)S4)c(F)c1. The van der Waals surface area contributed by atoms with Gasteiger partial charge in [0.15, 0.2) is 0 Å². The highest BCUT2D eigenvalue weighted by atomic mass is 32.2. The lowest BCUT2D eigenvalue weighted by Gasteiger charge is -2.46. The smallest absolute Gasteiger partial charge is 0.252 e. The summed E-state index contributed by atoms with van der Waals surface area (Å²) in [6.07, 6.45) is 0. The highest BCUT2D eigenvalue weighted by Crippen LogP contribution is 2.52. The van der Waals surface area contributed by atoms with Gasteiger partial charge in [-0.2, -0.15) is 0 Å². The van der Waals surface area contributed by atoms with Crippen molar-refractivity contribution in [2.45, 2.75) is 9.79 Å². The van der Waals surface area contributed by atoms with Gasteiger partial charge in [-0.25, -0.2) is 8.78 Å². The van der Waals surface area contributed by atoms with Crippen LogP contribution in [0.15, 0.2) is 392 Å². The number of fused-ring (bicyclic) bond motifs is 8. The fourth-order valence-corrected chi connectivity index (χ4v) is 17.9. The van der Waals surface area contributed by atoms with Gasteiger partial charge in [0, 0.05) is 89.8 Å². The maximum Gasteiger partial charge on any atom is 0.252 e. The molecule has 0 fully saturated rings. The first-order valence-corrected chi connectivity index (χ1v) is 36.8. The van der Waals surface area contributed by atoms with E-state index in [2.05, 4.69) is 376 Å². The van der Waals surface area contributed by atoms with Gasteiger partial charge in [0.2, 0.25) is 6.71 Å². The predicted octanol–water partition coefficient (Wildman–Crippen LogP) is 22.4. The third-order valence-electron chi connectivity index (χ3n) is 21.3. The summed E-state index contributed by atoms with van der Waals surface area (Å²) < 4.78 is 33.9. The zero-order valence-electron chi connectivity index (χ0n) is 57.4. The average molecular weight is 1380 g/mol. The number of nitrogens with zero attached hydrogens (tertiary/aromatic N) is 5. The minimum atomic E-state index is -0.677. The van der Waals surface area contributed by atoms with Gasteiger partial charge in [-0.05, 0) is 199 Å². The number of hydrogen-bond donors (Lipinski definition) is 0. The van der Waals surface area contributed by atoms with Gasteiger partial charge >= 0.3 is 0 Å². The van der Waals surface area contributed by atoms with Crippen molar-refractivity contribution in [1.29, 1.82) is 0 Å². The van der Waals surface area contributed by atoms with Crippen LogP contribution >= 0.6 is 11.8 Å². The molecule has 0 spiro atoms. The largest absolute Gasteiger partial charge is 0.311 e. The molecule has 0 atom stereocenters. The molecular weight excluding hydrogens is 1310 g/mol. The van der Waals surface area contributed by atoms with Crippen LogP contribution in [0.4, 0.5) is 94.1 Å². The summed E-state index contributed by atoms with van der Waals surface area (Å²) in [4.78, 5) is 13.8. The van der Waals surface area contributed by atoms with Crippen LogP contribution in [0.2, 0.25) is 0 Å². The molecule has 5 nitrogen and oxygen atoms in total. The van der Waals surface area contributed by atoms with Gasteiger partial charge < -0.3 is 24.5 Å². The van der Waals surface area contributed by atoms with E-state index in [4.69, 9.17) is 0 Å². The van der Waals surface area contributed by atoms with Crippen LogP contribution in [0.25, 0.3) is 44.5 Å². The van der Waals surface area contributed by atoms with Gasteiger partial charge in [-0.1, -0.05) is 266 Å². The molecule has 0 radical (unpaired) electrons.